The van der Waals surface area contributed by atoms with Gasteiger partial charge in [0.05, 0.1) is 12.8 Å². The second-order valence-electron chi connectivity index (χ2n) is 5.22. The smallest absolute Gasteiger partial charge is 0.259 e. The molecule has 3 aromatic carbocycles. The summed E-state index contributed by atoms with van der Waals surface area (Å²) in [5.74, 6) is -0.215. The van der Waals surface area contributed by atoms with E-state index in [1.54, 1.807) is 18.3 Å². The minimum absolute atomic E-state index is 0.145. The van der Waals surface area contributed by atoms with Crippen LogP contribution in [0.5, 0.6) is 0 Å². The number of carbonyl (C=O) groups is 1. The van der Waals surface area contributed by atoms with Crippen molar-refractivity contribution >= 4 is 40.2 Å². The molecule has 0 bridgehead atoms. The molecular weight excluding hydrogens is 322 g/mol. The molecule has 0 aliphatic carbocycles. The summed E-state index contributed by atoms with van der Waals surface area (Å²) in [6.45, 7) is 0.145. The minimum Gasteiger partial charge on any atom is -0.376 e. The fraction of sp³-hybridized carbons (Fsp3) is 0.0526. The van der Waals surface area contributed by atoms with Gasteiger partial charge in [-0.1, -0.05) is 60.1 Å². The molecule has 120 valence electrons. The van der Waals surface area contributed by atoms with Crippen LogP contribution in [0.25, 0.3) is 10.8 Å². The quantitative estimate of drug-likeness (QED) is 0.545. The Morgan fingerprint density at radius 3 is 2.58 bits per heavy atom. The minimum atomic E-state index is -0.215. The molecule has 3 rings (SSSR count). The van der Waals surface area contributed by atoms with Gasteiger partial charge in [-0.05, 0) is 29.1 Å². The molecule has 0 aromatic heterocycles. The molecule has 0 saturated heterocycles. The van der Waals surface area contributed by atoms with Gasteiger partial charge in [0.15, 0.2) is 0 Å². The molecule has 24 heavy (non-hydrogen) atoms. The Morgan fingerprint density at radius 2 is 1.75 bits per heavy atom. The lowest BCUT2D eigenvalue weighted by Crippen LogP contribution is -2.25. The predicted octanol–water partition coefficient (Wildman–Crippen LogP) is 4.06. The van der Waals surface area contributed by atoms with Crippen LogP contribution in [0, 0.1) is 0 Å². The molecule has 0 spiro atoms. The van der Waals surface area contributed by atoms with Gasteiger partial charge in [0, 0.05) is 16.1 Å². The van der Waals surface area contributed by atoms with Crippen molar-refractivity contribution in [3.63, 3.8) is 0 Å². The number of anilines is 1. The lowest BCUT2D eigenvalue weighted by atomic mass is 10.1. The maximum atomic E-state index is 11.9. The lowest BCUT2D eigenvalue weighted by molar-refractivity contribution is -0.119. The molecule has 0 aliphatic heterocycles. The zero-order valence-corrected chi connectivity index (χ0v) is 13.6. The van der Waals surface area contributed by atoms with E-state index >= 15 is 0 Å². The van der Waals surface area contributed by atoms with Gasteiger partial charge in [-0.2, -0.15) is 5.10 Å². The number of amides is 1. The summed E-state index contributed by atoms with van der Waals surface area (Å²) >= 11 is 5.81. The van der Waals surface area contributed by atoms with Gasteiger partial charge >= 0.3 is 0 Å². The van der Waals surface area contributed by atoms with Crippen LogP contribution < -0.4 is 10.7 Å². The van der Waals surface area contributed by atoms with E-state index in [-0.39, 0.29) is 12.5 Å². The summed E-state index contributed by atoms with van der Waals surface area (Å²) in [5, 5.41) is 9.95. The van der Waals surface area contributed by atoms with Crippen molar-refractivity contribution in [3.8, 4) is 0 Å². The van der Waals surface area contributed by atoms with E-state index in [9.17, 15) is 4.79 Å². The SMILES string of the molecule is O=C(CNc1cccc2ccccc12)N/N=C\c1ccc(Cl)cc1. The van der Waals surface area contributed by atoms with Gasteiger partial charge in [-0.25, -0.2) is 5.43 Å². The summed E-state index contributed by atoms with van der Waals surface area (Å²) < 4.78 is 0. The maximum absolute atomic E-state index is 11.9. The molecule has 0 saturated carbocycles. The number of nitrogens with zero attached hydrogens (tertiary/aromatic N) is 1. The standard InChI is InChI=1S/C19H16ClN3O/c20-16-10-8-14(9-11-16)12-22-23-19(24)13-21-18-7-3-5-15-4-1-2-6-17(15)18/h1-12,21H,13H2,(H,23,24)/b22-12-. The summed E-state index contributed by atoms with van der Waals surface area (Å²) in [4.78, 5) is 11.9. The topological polar surface area (TPSA) is 53.5 Å². The fourth-order valence-electron chi connectivity index (χ4n) is 2.32. The van der Waals surface area contributed by atoms with Crippen LogP contribution >= 0.6 is 11.6 Å². The van der Waals surface area contributed by atoms with Crippen LogP contribution in [0.1, 0.15) is 5.56 Å². The Morgan fingerprint density at radius 1 is 1.00 bits per heavy atom. The number of carbonyl (C=O) groups excluding carboxylic acids is 1. The van der Waals surface area contributed by atoms with Crippen molar-refractivity contribution in [2.75, 3.05) is 11.9 Å². The van der Waals surface area contributed by atoms with Crippen molar-refractivity contribution in [2.24, 2.45) is 5.10 Å². The van der Waals surface area contributed by atoms with Crippen LogP contribution in [-0.2, 0) is 4.79 Å². The average molecular weight is 338 g/mol. The second kappa shape index (κ2) is 7.62. The van der Waals surface area contributed by atoms with Crippen molar-refractivity contribution in [1.82, 2.24) is 5.43 Å². The van der Waals surface area contributed by atoms with E-state index in [4.69, 9.17) is 11.6 Å². The Kier molecular flexibility index (Phi) is 5.08. The summed E-state index contributed by atoms with van der Waals surface area (Å²) in [7, 11) is 0. The molecule has 0 fully saturated rings. The molecule has 0 radical (unpaired) electrons. The first kappa shape index (κ1) is 16.0. The first-order valence-corrected chi connectivity index (χ1v) is 7.89. The number of hydrazone groups is 1. The van der Waals surface area contributed by atoms with Crippen molar-refractivity contribution < 1.29 is 4.79 Å². The van der Waals surface area contributed by atoms with Crippen molar-refractivity contribution in [3.05, 3.63) is 77.3 Å². The molecule has 2 N–H and O–H groups in total. The highest BCUT2D eigenvalue weighted by Gasteiger charge is 2.02. The van der Waals surface area contributed by atoms with E-state index in [2.05, 4.69) is 15.8 Å². The Balaban J connectivity index is 1.56. The second-order valence-corrected chi connectivity index (χ2v) is 5.66. The van der Waals surface area contributed by atoms with Crippen LogP contribution in [0.4, 0.5) is 5.69 Å². The monoisotopic (exact) mass is 337 g/mol. The molecular formula is C19H16ClN3O. The van der Waals surface area contributed by atoms with E-state index in [0.29, 0.717) is 5.02 Å². The number of rotatable bonds is 5. The third-order valence-electron chi connectivity index (χ3n) is 3.50. The first-order valence-electron chi connectivity index (χ1n) is 7.51. The van der Waals surface area contributed by atoms with Crippen molar-refractivity contribution in [1.29, 1.82) is 0 Å². The number of halogens is 1. The van der Waals surface area contributed by atoms with E-state index in [1.807, 2.05) is 54.6 Å². The normalized spacial score (nSPS) is 10.9. The van der Waals surface area contributed by atoms with Crippen LogP contribution in [0.15, 0.2) is 71.8 Å². The average Bonchev–Trinajstić information content (AvgIpc) is 2.61. The van der Waals surface area contributed by atoms with Gasteiger partial charge < -0.3 is 5.32 Å². The molecule has 4 nitrogen and oxygen atoms in total. The number of fused-ring (bicyclic) bond motifs is 1. The van der Waals surface area contributed by atoms with Gasteiger partial charge in [-0.3, -0.25) is 4.79 Å². The first-order chi connectivity index (χ1) is 11.7. The predicted molar refractivity (Wildman–Crippen MR) is 99.6 cm³/mol. The summed E-state index contributed by atoms with van der Waals surface area (Å²) in [6.07, 6.45) is 1.58. The third kappa shape index (κ3) is 4.12. The zero-order valence-electron chi connectivity index (χ0n) is 12.9. The molecule has 1 amide bonds. The van der Waals surface area contributed by atoms with Gasteiger partial charge in [-0.15, -0.1) is 0 Å². The maximum Gasteiger partial charge on any atom is 0.259 e. The van der Waals surface area contributed by atoms with E-state index in [1.165, 1.54) is 0 Å². The van der Waals surface area contributed by atoms with Crippen LogP contribution in [-0.4, -0.2) is 18.7 Å². The number of hydrogen-bond donors (Lipinski definition) is 2. The number of hydrogen-bond acceptors (Lipinski definition) is 3. The van der Waals surface area contributed by atoms with Gasteiger partial charge in [0.1, 0.15) is 0 Å². The zero-order chi connectivity index (χ0) is 16.8. The van der Waals surface area contributed by atoms with Crippen molar-refractivity contribution in [2.45, 2.75) is 0 Å². The highest BCUT2D eigenvalue weighted by atomic mass is 35.5. The highest BCUT2D eigenvalue weighted by Crippen LogP contribution is 2.22. The van der Waals surface area contributed by atoms with Gasteiger partial charge in [0.2, 0.25) is 0 Å². The molecule has 5 heteroatoms. The summed E-state index contributed by atoms with van der Waals surface area (Å²) in [5.41, 5.74) is 4.28. The van der Waals surface area contributed by atoms with Crippen LogP contribution in [0.2, 0.25) is 5.02 Å². The lowest BCUT2D eigenvalue weighted by Gasteiger charge is -2.08. The largest absolute Gasteiger partial charge is 0.376 e. The van der Waals surface area contributed by atoms with Gasteiger partial charge in [0.25, 0.3) is 5.91 Å². The van der Waals surface area contributed by atoms with E-state index in [0.717, 1.165) is 22.0 Å². The Labute approximate surface area is 145 Å². The fourth-order valence-corrected chi connectivity index (χ4v) is 2.45. The molecule has 0 unspecified atom stereocenters. The van der Waals surface area contributed by atoms with E-state index < -0.39 is 0 Å². The Bertz CT molecular complexity index is 870. The Hall–Kier alpha value is -2.85. The third-order valence-corrected chi connectivity index (χ3v) is 3.75. The van der Waals surface area contributed by atoms with Crippen LogP contribution in [0.3, 0.4) is 0 Å². The molecule has 0 heterocycles. The number of benzene rings is 3. The summed E-state index contributed by atoms with van der Waals surface area (Å²) in [6, 6.07) is 21.2. The highest BCUT2D eigenvalue weighted by molar-refractivity contribution is 6.30. The molecule has 0 atom stereocenters. The molecule has 3 aromatic rings. The number of nitrogens with one attached hydrogen (secondary N) is 2. The molecule has 0 aliphatic rings.